The highest BCUT2D eigenvalue weighted by Crippen LogP contribution is 2.36. The van der Waals surface area contributed by atoms with Crippen molar-refractivity contribution in [2.24, 2.45) is 0 Å². The SMILES string of the molecule is CC.Cc1ncnc(C(=O)N2CCN(c3c4n(c5nc(N6CCOCC6)nn5c3=O)CCC4C)CC2)c1O.O=CNc1ccc(C(F)(F)F)cc1Cl. The molecule has 1 aromatic carbocycles. The van der Waals surface area contributed by atoms with Crippen molar-refractivity contribution in [1.82, 2.24) is 34.0 Å². The number of aryl methyl sites for hydroxylation is 2. The van der Waals surface area contributed by atoms with E-state index in [1.807, 2.05) is 13.8 Å². The minimum Gasteiger partial charge on any atom is -0.504 e. The molecule has 3 aliphatic heterocycles. The second kappa shape index (κ2) is 16.1. The molecule has 15 nitrogen and oxygen atoms in total. The van der Waals surface area contributed by atoms with Gasteiger partial charge in [0.2, 0.25) is 18.1 Å². The van der Waals surface area contributed by atoms with E-state index in [1.54, 1.807) is 11.8 Å². The third kappa shape index (κ3) is 7.77. The third-order valence-corrected chi connectivity index (χ3v) is 9.21. The van der Waals surface area contributed by atoms with Gasteiger partial charge >= 0.3 is 6.18 Å². The molecule has 6 heterocycles. The predicted octanol–water partition coefficient (Wildman–Crippen LogP) is 3.95. The van der Waals surface area contributed by atoms with E-state index in [2.05, 4.69) is 41.7 Å². The number of aromatic hydroxyl groups is 1. The summed E-state index contributed by atoms with van der Waals surface area (Å²) in [7, 11) is 0. The van der Waals surface area contributed by atoms with Crippen LogP contribution < -0.4 is 20.7 Å². The Morgan fingerprint density at radius 3 is 2.38 bits per heavy atom. The lowest BCUT2D eigenvalue weighted by molar-refractivity contribution is -0.137. The maximum absolute atomic E-state index is 13.8. The number of benzene rings is 1. The van der Waals surface area contributed by atoms with Crippen molar-refractivity contribution in [3.05, 3.63) is 62.5 Å². The maximum Gasteiger partial charge on any atom is 0.416 e. The summed E-state index contributed by atoms with van der Waals surface area (Å²) in [6, 6.07) is 2.70. The third-order valence-electron chi connectivity index (χ3n) is 8.90. The molecular weight excluding hydrogens is 709 g/mol. The average molecular weight is 749 g/mol. The van der Waals surface area contributed by atoms with Crippen LogP contribution in [0.3, 0.4) is 0 Å². The molecule has 3 aliphatic rings. The van der Waals surface area contributed by atoms with Gasteiger partial charge in [-0.05, 0) is 31.5 Å². The van der Waals surface area contributed by atoms with Gasteiger partial charge in [-0.2, -0.15) is 22.7 Å². The Hall–Kier alpha value is -4.97. The summed E-state index contributed by atoms with van der Waals surface area (Å²) in [5.74, 6) is 0.810. The number of morpholine rings is 1. The Labute approximate surface area is 302 Å². The van der Waals surface area contributed by atoms with Crippen LogP contribution in [-0.4, -0.2) is 104 Å². The monoisotopic (exact) mass is 748 g/mol. The maximum atomic E-state index is 13.8. The Morgan fingerprint density at radius 2 is 1.75 bits per heavy atom. The van der Waals surface area contributed by atoms with E-state index in [4.69, 9.17) is 21.3 Å². The number of fused-ring (bicyclic) bond motifs is 3. The lowest BCUT2D eigenvalue weighted by atomic mass is 10.1. The van der Waals surface area contributed by atoms with Gasteiger partial charge in [-0.25, -0.2) is 9.97 Å². The zero-order chi connectivity index (χ0) is 37.7. The lowest BCUT2D eigenvalue weighted by Gasteiger charge is -2.36. The standard InChI is InChI=1S/C23H29N9O4.C8H5ClF3NO.C2H6/c1-14-3-4-31-17(14)18(21(35)32-23(31)26-22(27-32)30-9-11-36-12-10-30)28-5-7-29(8-6-28)20(34)16-19(33)15(2)24-13-25-16;9-6-3-5(8(10,11)12)1-2-7(6)13-4-14;1-2/h13-14,33H,3-12H2,1-2H3;1-4H,(H,13,14);1-2H3. The number of piperazine rings is 1. The fourth-order valence-corrected chi connectivity index (χ4v) is 6.44. The van der Waals surface area contributed by atoms with Crippen LogP contribution in [0.1, 0.15) is 60.5 Å². The number of ether oxygens (including phenoxy) is 1. The van der Waals surface area contributed by atoms with E-state index < -0.39 is 11.7 Å². The molecule has 1 unspecified atom stereocenters. The summed E-state index contributed by atoms with van der Waals surface area (Å²) in [5, 5.41) is 16.9. The molecule has 0 aliphatic carbocycles. The normalized spacial score (nSPS) is 17.2. The Morgan fingerprint density at radius 1 is 1.06 bits per heavy atom. The van der Waals surface area contributed by atoms with Crippen molar-refractivity contribution in [3.8, 4) is 5.75 Å². The van der Waals surface area contributed by atoms with Crippen LogP contribution >= 0.6 is 11.6 Å². The molecule has 280 valence electrons. The van der Waals surface area contributed by atoms with Crippen molar-refractivity contribution in [1.29, 1.82) is 0 Å². The lowest BCUT2D eigenvalue weighted by Crippen LogP contribution is -2.51. The predicted molar refractivity (Wildman–Crippen MR) is 187 cm³/mol. The summed E-state index contributed by atoms with van der Waals surface area (Å²) in [4.78, 5) is 55.2. The molecule has 3 aromatic heterocycles. The van der Waals surface area contributed by atoms with Crippen LogP contribution in [0.4, 0.5) is 30.5 Å². The second-order valence-corrected chi connectivity index (χ2v) is 12.4. The number of nitrogens with zero attached hydrogens (tertiary/aromatic N) is 9. The van der Waals surface area contributed by atoms with Crippen molar-refractivity contribution in [2.45, 2.75) is 52.8 Å². The summed E-state index contributed by atoms with van der Waals surface area (Å²) < 4.78 is 45.4. The molecule has 2 fully saturated rings. The number of hydrogen-bond donors (Lipinski definition) is 2. The number of amides is 2. The van der Waals surface area contributed by atoms with Crippen LogP contribution in [0.2, 0.25) is 5.02 Å². The molecular formula is C33H40ClF3N10O5. The smallest absolute Gasteiger partial charge is 0.416 e. The first-order valence-corrected chi connectivity index (χ1v) is 17.2. The van der Waals surface area contributed by atoms with Gasteiger partial charge < -0.3 is 34.4 Å². The summed E-state index contributed by atoms with van der Waals surface area (Å²) in [6.45, 7) is 12.9. The fraction of sp³-hybridized carbons (Fsp3) is 0.485. The van der Waals surface area contributed by atoms with Crippen LogP contribution in [0.15, 0.2) is 29.3 Å². The molecule has 1 atom stereocenters. The number of anilines is 3. The average Bonchev–Trinajstić information content (AvgIpc) is 3.76. The number of hydrogen-bond acceptors (Lipinski definition) is 11. The van der Waals surface area contributed by atoms with Gasteiger partial charge in [0.15, 0.2) is 11.4 Å². The summed E-state index contributed by atoms with van der Waals surface area (Å²) >= 11 is 5.49. The van der Waals surface area contributed by atoms with Crippen molar-refractivity contribution in [3.63, 3.8) is 0 Å². The summed E-state index contributed by atoms with van der Waals surface area (Å²) in [6.07, 6.45) is -1.88. The van der Waals surface area contributed by atoms with Crippen LogP contribution in [0, 0.1) is 6.92 Å². The molecule has 4 aromatic rings. The van der Waals surface area contributed by atoms with Crippen molar-refractivity contribution in [2.75, 3.05) is 67.6 Å². The Balaban J connectivity index is 0.000000275. The van der Waals surface area contributed by atoms with Gasteiger partial charge in [-0.3, -0.25) is 14.4 Å². The van der Waals surface area contributed by atoms with Gasteiger partial charge in [0, 0.05) is 51.7 Å². The molecule has 2 saturated heterocycles. The van der Waals surface area contributed by atoms with E-state index >= 15 is 0 Å². The minimum atomic E-state index is -4.43. The van der Waals surface area contributed by atoms with E-state index in [1.165, 1.54) is 10.8 Å². The number of halogens is 4. The molecule has 0 bridgehead atoms. The van der Waals surface area contributed by atoms with Crippen LogP contribution in [0.25, 0.3) is 5.78 Å². The van der Waals surface area contributed by atoms with E-state index in [0.717, 1.165) is 36.9 Å². The van der Waals surface area contributed by atoms with E-state index in [0.29, 0.717) is 82.0 Å². The number of aromatic nitrogens is 6. The minimum absolute atomic E-state index is 0.00482. The number of rotatable bonds is 5. The van der Waals surface area contributed by atoms with Crippen molar-refractivity contribution < 1.29 is 32.6 Å². The first-order chi connectivity index (χ1) is 24.9. The topological polar surface area (TPSA) is 163 Å². The molecule has 2 N–H and O–H groups in total. The molecule has 7 rings (SSSR count). The van der Waals surface area contributed by atoms with Crippen LogP contribution in [0.5, 0.6) is 5.75 Å². The molecule has 2 amide bonds. The number of carbonyl (C=O) groups is 2. The van der Waals surface area contributed by atoms with Gasteiger partial charge in [-0.1, -0.05) is 32.4 Å². The number of alkyl halides is 3. The molecule has 19 heteroatoms. The highest BCUT2D eigenvalue weighted by Gasteiger charge is 2.34. The fourth-order valence-electron chi connectivity index (χ4n) is 6.20. The number of carbonyl (C=O) groups excluding carboxylic acids is 2. The number of nitrogens with one attached hydrogen (secondary N) is 1. The largest absolute Gasteiger partial charge is 0.504 e. The highest BCUT2D eigenvalue weighted by atomic mass is 35.5. The van der Waals surface area contributed by atoms with Crippen molar-refractivity contribution >= 4 is 47.0 Å². The first kappa shape index (κ1) is 38.3. The molecule has 0 saturated carbocycles. The quantitative estimate of drug-likeness (QED) is 0.284. The van der Waals surface area contributed by atoms with Crippen LogP contribution in [-0.2, 0) is 22.3 Å². The molecule has 0 radical (unpaired) electrons. The molecule has 52 heavy (non-hydrogen) atoms. The summed E-state index contributed by atoms with van der Waals surface area (Å²) in [5.41, 5.74) is 1.11. The zero-order valence-corrected chi connectivity index (χ0v) is 29.9. The van der Waals surface area contributed by atoms with Gasteiger partial charge in [0.1, 0.15) is 12.0 Å². The Bertz CT molecular complexity index is 1970. The van der Waals surface area contributed by atoms with E-state index in [-0.39, 0.29) is 39.5 Å². The van der Waals surface area contributed by atoms with Gasteiger partial charge in [0.25, 0.3) is 11.5 Å². The first-order valence-electron chi connectivity index (χ1n) is 16.9. The molecule has 0 spiro atoms. The Kier molecular flexibility index (Phi) is 11.9. The second-order valence-electron chi connectivity index (χ2n) is 12.0. The van der Waals surface area contributed by atoms with E-state index in [9.17, 15) is 32.7 Å². The van der Waals surface area contributed by atoms with Gasteiger partial charge in [-0.15, -0.1) is 5.10 Å². The zero-order valence-electron chi connectivity index (χ0n) is 29.2. The highest BCUT2D eigenvalue weighted by molar-refractivity contribution is 6.33. The van der Waals surface area contributed by atoms with Gasteiger partial charge in [0.05, 0.1) is 40.9 Å².